The normalized spacial score (nSPS) is 12.8. The highest BCUT2D eigenvalue weighted by molar-refractivity contribution is 4.83. The zero-order valence-corrected chi connectivity index (χ0v) is 9.34. The van der Waals surface area contributed by atoms with Crippen molar-refractivity contribution in [1.82, 2.24) is 4.90 Å². The summed E-state index contributed by atoms with van der Waals surface area (Å²) < 4.78 is 0. The van der Waals surface area contributed by atoms with E-state index in [1.807, 2.05) is 0 Å². The molecule has 0 aliphatic carbocycles. The summed E-state index contributed by atoms with van der Waals surface area (Å²) in [5.74, 6) is 3.50. The summed E-state index contributed by atoms with van der Waals surface area (Å²) in [4.78, 5) is 2.49. The van der Waals surface area contributed by atoms with Crippen LogP contribution in [0.25, 0.3) is 0 Å². The van der Waals surface area contributed by atoms with Crippen LogP contribution in [0.2, 0.25) is 0 Å². The first-order valence-corrected chi connectivity index (χ1v) is 5.40. The van der Waals surface area contributed by atoms with E-state index in [0.29, 0.717) is 0 Å². The van der Waals surface area contributed by atoms with Gasteiger partial charge in [-0.2, -0.15) is 0 Å². The average molecular weight is 181 g/mol. The van der Waals surface area contributed by atoms with E-state index in [1.165, 1.54) is 13.0 Å². The summed E-state index contributed by atoms with van der Waals surface area (Å²) in [6.07, 6.45) is 8.54. The van der Waals surface area contributed by atoms with Crippen LogP contribution in [0.3, 0.4) is 0 Å². The highest BCUT2D eigenvalue weighted by atomic mass is 15.1. The monoisotopic (exact) mass is 181 g/mol. The van der Waals surface area contributed by atoms with Gasteiger partial charge in [-0.3, -0.25) is 0 Å². The molecule has 76 valence electrons. The summed E-state index contributed by atoms with van der Waals surface area (Å²) in [7, 11) is 0. The Labute approximate surface area is 83.5 Å². The predicted octanol–water partition coefficient (Wildman–Crippen LogP) is 2.77. The maximum Gasteiger partial charge on any atom is 0.00982 e. The molecule has 0 rings (SSSR count). The Morgan fingerprint density at radius 2 is 2.08 bits per heavy atom. The maximum atomic E-state index is 5.22. The van der Waals surface area contributed by atoms with Gasteiger partial charge in [-0.15, -0.1) is 12.3 Å². The predicted molar refractivity (Wildman–Crippen MR) is 59.6 cm³/mol. The van der Waals surface area contributed by atoms with Crippen LogP contribution in [0.5, 0.6) is 0 Å². The third kappa shape index (κ3) is 6.66. The third-order valence-corrected chi connectivity index (χ3v) is 2.51. The Morgan fingerprint density at radius 1 is 1.38 bits per heavy atom. The van der Waals surface area contributed by atoms with E-state index in [0.717, 1.165) is 31.8 Å². The van der Waals surface area contributed by atoms with E-state index in [4.69, 9.17) is 6.42 Å². The van der Waals surface area contributed by atoms with Crippen LogP contribution in [-0.4, -0.2) is 24.5 Å². The molecule has 0 radical (unpaired) electrons. The minimum absolute atomic E-state index is 0.811. The first-order valence-electron chi connectivity index (χ1n) is 5.40. The summed E-state index contributed by atoms with van der Waals surface area (Å²) in [6, 6.07) is 0. The molecule has 0 saturated carbocycles. The van der Waals surface area contributed by atoms with Crippen LogP contribution < -0.4 is 0 Å². The van der Waals surface area contributed by atoms with E-state index in [9.17, 15) is 0 Å². The van der Waals surface area contributed by atoms with Crippen molar-refractivity contribution in [3.63, 3.8) is 0 Å². The molecule has 13 heavy (non-hydrogen) atoms. The lowest BCUT2D eigenvalue weighted by Gasteiger charge is -2.23. The second-order valence-corrected chi connectivity index (χ2v) is 3.71. The summed E-state index contributed by atoms with van der Waals surface area (Å²) in [5, 5.41) is 0. The molecule has 0 fully saturated rings. The number of hydrogen-bond donors (Lipinski definition) is 0. The molecule has 1 atom stereocenters. The van der Waals surface area contributed by atoms with Gasteiger partial charge in [-0.1, -0.05) is 27.2 Å². The van der Waals surface area contributed by atoms with Crippen molar-refractivity contribution in [3.8, 4) is 12.3 Å². The Bertz CT molecular complexity index is 146. The molecule has 0 aliphatic rings. The number of hydrogen-bond acceptors (Lipinski definition) is 1. The lowest BCUT2D eigenvalue weighted by molar-refractivity contribution is 0.244. The Balaban J connectivity index is 3.57. The van der Waals surface area contributed by atoms with Crippen LogP contribution in [0.1, 0.15) is 40.0 Å². The van der Waals surface area contributed by atoms with Gasteiger partial charge in [0, 0.05) is 13.0 Å². The van der Waals surface area contributed by atoms with Crippen molar-refractivity contribution >= 4 is 0 Å². The summed E-state index contributed by atoms with van der Waals surface area (Å²) in [6.45, 7) is 10.3. The molecule has 0 spiro atoms. The third-order valence-electron chi connectivity index (χ3n) is 2.51. The van der Waals surface area contributed by atoms with Crippen LogP contribution in [0.4, 0.5) is 0 Å². The summed E-state index contributed by atoms with van der Waals surface area (Å²) in [5.41, 5.74) is 0. The second-order valence-electron chi connectivity index (χ2n) is 3.71. The van der Waals surface area contributed by atoms with Crippen LogP contribution in [0, 0.1) is 18.3 Å². The number of unbranched alkanes of at least 4 members (excludes halogenated alkanes) is 1. The zero-order valence-electron chi connectivity index (χ0n) is 9.34. The van der Waals surface area contributed by atoms with Crippen LogP contribution >= 0.6 is 0 Å². The second kappa shape index (κ2) is 8.13. The Morgan fingerprint density at radius 3 is 2.54 bits per heavy atom. The van der Waals surface area contributed by atoms with Gasteiger partial charge in [-0.25, -0.2) is 0 Å². The minimum atomic E-state index is 0.811. The van der Waals surface area contributed by atoms with Crippen LogP contribution in [0.15, 0.2) is 0 Å². The first-order chi connectivity index (χ1) is 6.24. The fraction of sp³-hybridized carbons (Fsp3) is 0.833. The molecule has 0 bridgehead atoms. The molecule has 0 amide bonds. The molecule has 0 aliphatic heterocycles. The molecule has 1 unspecified atom stereocenters. The number of nitrogens with zero attached hydrogens (tertiary/aromatic N) is 1. The molecule has 0 aromatic rings. The smallest absolute Gasteiger partial charge is 0.00982 e. The van der Waals surface area contributed by atoms with Crippen LogP contribution in [-0.2, 0) is 0 Å². The van der Waals surface area contributed by atoms with Gasteiger partial charge in [-0.05, 0) is 25.4 Å². The minimum Gasteiger partial charge on any atom is -0.303 e. The van der Waals surface area contributed by atoms with Crippen molar-refractivity contribution in [2.45, 2.75) is 40.0 Å². The molecule has 0 N–H and O–H groups in total. The van der Waals surface area contributed by atoms with E-state index < -0.39 is 0 Å². The lowest BCUT2D eigenvalue weighted by atomic mass is 10.1. The van der Waals surface area contributed by atoms with Crippen molar-refractivity contribution in [3.05, 3.63) is 0 Å². The van der Waals surface area contributed by atoms with E-state index >= 15 is 0 Å². The number of rotatable bonds is 7. The van der Waals surface area contributed by atoms with Gasteiger partial charge < -0.3 is 4.90 Å². The first kappa shape index (κ1) is 12.5. The van der Waals surface area contributed by atoms with Crippen molar-refractivity contribution in [2.75, 3.05) is 19.6 Å². The van der Waals surface area contributed by atoms with E-state index in [-0.39, 0.29) is 0 Å². The molecule has 0 aromatic heterocycles. The van der Waals surface area contributed by atoms with Gasteiger partial charge >= 0.3 is 0 Å². The highest BCUT2D eigenvalue weighted by Gasteiger charge is 2.05. The Hall–Kier alpha value is -0.480. The van der Waals surface area contributed by atoms with Crippen molar-refractivity contribution < 1.29 is 0 Å². The molecular formula is C12H23N. The van der Waals surface area contributed by atoms with E-state index in [2.05, 4.69) is 31.6 Å². The number of terminal acetylenes is 1. The highest BCUT2D eigenvalue weighted by Crippen LogP contribution is 2.04. The molecule has 1 heteroatoms. The molecule has 0 heterocycles. The van der Waals surface area contributed by atoms with Gasteiger partial charge in [0.25, 0.3) is 0 Å². The van der Waals surface area contributed by atoms with Gasteiger partial charge in [0.05, 0.1) is 0 Å². The maximum absolute atomic E-state index is 5.22. The molecule has 0 saturated heterocycles. The topological polar surface area (TPSA) is 3.24 Å². The lowest BCUT2D eigenvalue weighted by Crippen LogP contribution is -2.29. The molecular weight excluding hydrogens is 158 g/mol. The largest absolute Gasteiger partial charge is 0.303 e. The fourth-order valence-corrected chi connectivity index (χ4v) is 1.35. The zero-order chi connectivity index (χ0) is 10.1. The van der Waals surface area contributed by atoms with Crippen molar-refractivity contribution in [1.29, 1.82) is 0 Å². The average Bonchev–Trinajstić information content (AvgIpc) is 2.16. The van der Waals surface area contributed by atoms with Gasteiger partial charge in [0.2, 0.25) is 0 Å². The summed E-state index contributed by atoms with van der Waals surface area (Å²) >= 11 is 0. The Kier molecular flexibility index (Phi) is 7.83. The van der Waals surface area contributed by atoms with Gasteiger partial charge in [0.1, 0.15) is 0 Å². The standard InChI is InChI=1S/C12H23N/c1-5-8-9-10-13(7-3)11-12(4)6-2/h1,12H,6-11H2,2-4H3. The van der Waals surface area contributed by atoms with Crippen molar-refractivity contribution in [2.24, 2.45) is 5.92 Å². The van der Waals surface area contributed by atoms with E-state index in [1.54, 1.807) is 0 Å². The molecule has 1 nitrogen and oxygen atoms in total. The quantitative estimate of drug-likeness (QED) is 0.431. The fourth-order valence-electron chi connectivity index (χ4n) is 1.35. The SMILES string of the molecule is C#CCCCN(CC)CC(C)CC. The molecule has 0 aromatic carbocycles. The van der Waals surface area contributed by atoms with Gasteiger partial charge in [0.15, 0.2) is 0 Å².